The summed E-state index contributed by atoms with van der Waals surface area (Å²) in [5.41, 5.74) is 1.98. The van der Waals surface area contributed by atoms with E-state index >= 15 is 0 Å². The van der Waals surface area contributed by atoms with Gasteiger partial charge in [-0.05, 0) is 18.2 Å². The fourth-order valence-electron chi connectivity index (χ4n) is 1.63. The third-order valence-electron chi connectivity index (χ3n) is 2.28. The summed E-state index contributed by atoms with van der Waals surface area (Å²) in [4.78, 5) is 13.1. The molecule has 1 amide bonds. The first-order valence-electron chi connectivity index (χ1n) is 4.50. The molecule has 1 N–H and O–H groups in total. The largest absolute Gasteiger partial charge is 0.382 e. The predicted octanol–water partition coefficient (Wildman–Crippen LogP) is 2.23. The van der Waals surface area contributed by atoms with E-state index in [0.717, 1.165) is 28.9 Å². The number of nitrogens with zero attached hydrogens (tertiary/aromatic N) is 1. The van der Waals surface area contributed by atoms with E-state index in [1.54, 1.807) is 11.8 Å². The second-order valence-corrected chi connectivity index (χ2v) is 4.17. The number of nitrogens with one attached hydrogen (secondary N) is 1. The molecule has 0 radical (unpaired) electrons. The Morgan fingerprint density at radius 2 is 2.36 bits per heavy atom. The van der Waals surface area contributed by atoms with E-state index in [2.05, 4.69) is 21.2 Å². The van der Waals surface area contributed by atoms with Gasteiger partial charge in [0.25, 0.3) is 0 Å². The van der Waals surface area contributed by atoms with E-state index in [9.17, 15) is 4.79 Å². The van der Waals surface area contributed by atoms with E-state index in [4.69, 9.17) is 0 Å². The third-order valence-corrected chi connectivity index (χ3v) is 2.77. The van der Waals surface area contributed by atoms with Crippen LogP contribution < -0.4 is 10.2 Å². The molecule has 0 unspecified atom stereocenters. The van der Waals surface area contributed by atoms with E-state index in [-0.39, 0.29) is 5.91 Å². The molecule has 0 fully saturated rings. The van der Waals surface area contributed by atoms with Gasteiger partial charge in [-0.25, -0.2) is 0 Å². The van der Waals surface area contributed by atoms with Crippen LogP contribution in [0.1, 0.15) is 6.92 Å². The Morgan fingerprint density at radius 1 is 1.57 bits per heavy atom. The predicted molar refractivity (Wildman–Crippen MR) is 60.7 cm³/mol. The lowest BCUT2D eigenvalue weighted by molar-refractivity contribution is -0.116. The summed E-state index contributed by atoms with van der Waals surface area (Å²) in [6, 6.07) is 5.91. The molecule has 74 valence electrons. The molecule has 0 aromatic heterocycles. The molecule has 0 saturated heterocycles. The highest BCUT2D eigenvalue weighted by atomic mass is 79.9. The molecular weight excluding hydrogens is 244 g/mol. The van der Waals surface area contributed by atoms with Crippen LogP contribution in [0.4, 0.5) is 11.4 Å². The van der Waals surface area contributed by atoms with E-state index in [1.807, 2.05) is 18.2 Å². The number of hydrogen-bond acceptors (Lipinski definition) is 2. The van der Waals surface area contributed by atoms with Crippen LogP contribution in [0, 0.1) is 0 Å². The van der Waals surface area contributed by atoms with Crippen molar-refractivity contribution in [2.45, 2.75) is 6.92 Å². The average Bonchev–Trinajstić information content (AvgIpc) is 2.16. The molecule has 0 atom stereocenters. The molecule has 1 aliphatic rings. The summed E-state index contributed by atoms with van der Waals surface area (Å²) in [6.07, 6.45) is 0. The Hall–Kier alpha value is -1.03. The minimum Gasteiger partial charge on any atom is -0.382 e. The van der Waals surface area contributed by atoms with E-state index < -0.39 is 0 Å². The van der Waals surface area contributed by atoms with Gasteiger partial charge in [0.2, 0.25) is 5.91 Å². The number of fused-ring (bicyclic) bond motifs is 1. The summed E-state index contributed by atoms with van der Waals surface area (Å²) in [5.74, 6) is 0.0888. The SMILES string of the molecule is CC(=O)N1CCNc2ccc(Br)cc21. The van der Waals surface area contributed by atoms with Gasteiger partial charge in [0.15, 0.2) is 0 Å². The maximum absolute atomic E-state index is 11.4. The molecule has 1 aromatic carbocycles. The Kier molecular flexibility index (Phi) is 2.46. The molecule has 0 spiro atoms. The number of halogens is 1. The number of carbonyl (C=O) groups is 1. The highest BCUT2D eigenvalue weighted by molar-refractivity contribution is 9.10. The van der Waals surface area contributed by atoms with Crippen LogP contribution in [0.15, 0.2) is 22.7 Å². The monoisotopic (exact) mass is 254 g/mol. The van der Waals surface area contributed by atoms with Crippen molar-refractivity contribution in [3.63, 3.8) is 0 Å². The Labute approximate surface area is 91.2 Å². The maximum Gasteiger partial charge on any atom is 0.223 e. The minimum atomic E-state index is 0.0888. The number of anilines is 2. The summed E-state index contributed by atoms with van der Waals surface area (Å²) in [5, 5.41) is 3.26. The van der Waals surface area contributed by atoms with Gasteiger partial charge in [0.05, 0.1) is 11.4 Å². The topological polar surface area (TPSA) is 32.3 Å². The van der Waals surface area contributed by atoms with Gasteiger partial charge in [-0.2, -0.15) is 0 Å². The van der Waals surface area contributed by atoms with Crippen LogP contribution in [0.2, 0.25) is 0 Å². The van der Waals surface area contributed by atoms with Gasteiger partial charge in [-0.1, -0.05) is 15.9 Å². The van der Waals surface area contributed by atoms with Gasteiger partial charge >= 0.3 is 0 Å². The van der Waals surface area contributed by atoms with Gasteiger partial charge in [0.1, 0.15) is 0 Å². The van der Waals surface area contributed by atoms with Crippen molar-refractivity contribution in [2.75, 3.05) is 23.3 Å². The van der Waals surface area contributed by atoms with Crippen LogP contribution in [0.5, 0.6) is 0 Å². The van der Waals surface area contributed by atoms with E-state index in [0.29, 0.717) is 0 Å². The average molecular weight is 255 g/mol. The summed E-state index contributed by atoms with van der Waals surface area (Å²) in [7, 11) is 0. The van der Waals surface area contributed by atoms with Crippen molar-refractivity contribution in [3.8, 4) is 0 Å². The van der Waals surface area contributed by atoms with Crippen LogP contribution in [0.25, 0.3) is 0 Å². The smallest absolute Gasteiger partial charge is 0.223 e. The van der Waals surface area contributed by atoms with Crippen molar-refractivity contribution >= 4 is 33.2 Å². The molecule has 0 aliphatic carbocycles. The molecule has 3 nitrogen and oxygen atoms in total. The second kappa shape index (κ2) is 3.61. The van der Waals surface area contributed by atoms with Crippen LogP contribution >= 0.6 is 15.9 Å². The molecular formula is C10H11BrN2O. The lowest BCUT2D eigenvalue weighted by atomic mass is 10.2. The Morgan fingerprint density at radius 3 is 3.07 bits per heavy atom. The zero-order valence-electron chi connectivity index (χ0n) is 7.88. The molecule has 1 aliphatic heterocycles. The Bertz CT molecular complexity index is 378. The quantitative estimate of drug-likeness (QED) is 0.771. The number of rotatable bonds is 0. The van der Waals surface area contributed by atoms with Gasteiger partial charge in [0, 0.05) is 24.5 Å². The highest BCUT2D eigenvalue weighted by Gasteiger charge is 2.19. The lowest BCUT2D eigenvalue weighted by Gasteiger charge is -2.29. The minimum absolute atomic E-state index is 0.0888. The number of carbonyl (C=O) groups excluding carboxylic acids is 1. The zero-order chi connectivity index (χ0) is 10.1. The molecule has 1 aromatic rings. The third kappa shape index (κ3) is 1.62. The fraction of sp³-hybridized carbons (Fsp3) is 0.300. The standard InChI is InChI=1S/C10H11BrN2O/c1-7(14)13-5-4-12-9-3-2-8(11)6-10(9)13/h2-3,6,12H,4-5H2,1H3. The molecule has 0 saturated carbocycles. The number of benzene rings is 1. The number of amides is 1. The maximum atomic E-state index is 11.4. The Balaban J connectivity index is 2.46. The zero-order valence-corrected chi connectivity index (χ0v) is 9.47. The van der Waals surface area contributed by atoms with Crippen LogP contribution in [-0.4, -0.2) is 19.0 Å². The first-order valence-corrected chi connectivity index (χ1v) is 5.29. The van der Waals surface area contributed by atoms with Crippen LogP contribution in [0.3, 0.4) is 0 Å². The van der Waals surface area contributed by atoms with E-state index in [1.165, 1.54) is 0 Å². The van der Waals surface area contributed by atoms with Crippen molar-refractivity contribution < 1.29 is 4.79 Å². The van der Waals surface area contributed by atoms with Crippen molar-refractivity contribution in [1.82, 2.24) is 0 Å². The highest BCUT2D eigenvalue weighted by Crippen LogP contribution is 2.31. The molecule has 14 heavy (non-hydrogen) atoms. The first kappa shape index (κ1) is 9.52. The van der Waals surface area contributed by atoms with Crippen molar-refractivity contribution in [2.24, 2.45) is 0 Å². The van der Waals surface area contributed by atoms with Gasteiger partial charge in [-0.3, -0.25) is 4.79 Å². The van der Waals surface area contributed by atoms with Crippen LogP contribution in [-0.2, 0) is 4.79 Å². The second-order valence-electron chi connectivity index (χ2n) is 3.26. The lowest BCUT2D eigenvalue weighted by Crippen LogP contribution is -2.37. The molecule has 0 bridgehead atoms. The summed E-state index contributed by atoms with van der Waals surface area (Å²) >= 11 is 3.40. The van der Waals surface area contributed by atoms with Crippen molar-refractivity contribution in [3.05, 3.63) is 22.7 Å². The van der Waals surface area contributed by atoms with Gasteiger partial charge < -0.3 is 10.2 Å². The summed E-state index contributed by atoms with van der Waals surface area (Å²) in [6.45, 7) is 3.14. The molecule has 2 rings (SSSR count). The first-order chi connectivity index (χ1) is 6.68. The normalized spacial score (nSPS) is 14.6. The number of hydrogen-bond donors (Lipinski definition) is 1. The fourth-order valence-corrected chi connectivity index (χ4v) is 1.98. The summed E-state index contributed by atoms with van der Waals surface area (Å²) < 4.78 is 0.992. The molecule has 1 heterocycles. The van der Waals surface area contributed by atoms with Gasteiger partial charge in [-0.15, -0.1) is 0 Å². The van der Waals surface area contributed by atoms with Crippen molar-refractivity contribution in [1.29, 1.82) is 0 Å². The molecule has 4 heteroatoms.